The van der Waals surface area contributed by atoms with Crippen LogP contribution in [0.3, 0.4) is 0 Å². The molecular weight excluding hydrogens is 222 g/mol. The van der Waals surface area contributed by atoms with E-state index in [1.54, 1.807) is 0 Å². The van der Waals surface area contributed by atoms with E-state index in [4.69, 9.17) is 4.74 Å². The third-order valence-electron chi connectivity index (χ3n) is 2.95. The maximum atomic E-state index is 6.11. The van der Waals surface area contributed by atoms with Crippen molar-refractivity contribution >= 4 is 0 Å². The fourth-order valence-corrected chi connectivity index (χ4v) is 1.70. The highest BCUT2D eigenvalue weighted by atomic mass is 16.5. The molecule has 1 N–H and O–H groups in total. The Morgan fingerprint density at radius 2 is 1.89 bits per heavy atom. The zero-order valence-electron chi connectivity index (χ0n) is 12.6. The molecule has 1 atom stereocenters. The largest absolute Gasteiger partial charge is 0.489 e. The lowest BCUT2D eigenvalue weighted by atomic mass is 10.1. The van der Waals surface area contributed by atoms with Crippen molar-refractivity contribution in [2.75, 3.05) is 6.54 Å². The third-order valence-corrected chi connectivity index (χ3v) is 2.95. The SMILES string of the molecule is CCC(CNC(C)(C)C)Oc1cc(C)ccc1C. The summed E-state index contributed by atoms with van der Waals surface area (Å²) in [5.41, 5.74) is 2.59. The van der Waals surface area contributed by atoms with Crippen LogP contribution in [0, 0.1) is 13.8 Å². The molecule has 0 aromatic heterocycles. The molecule has 0 amide bonds. The number of ether oxygens (including phenoxy) is 1. The monoisotopic (exact) mass is 249 g/mol. The summed E-state index contributed by atoms with van der Waals surface area (Å²) in [5, 5.41) is 3.50. The summed E-state index contributed by atoms with van der Waals surface area (Å²) in [6.07, 6.45) is 1.24. The highest BCUT2D eigenvalue weighted by molar-refractivity contribution is 5.36. The number of hydrogen-bond donors (Lipinski definition) is 1. The van der Waals surface area contributed by atoms with Gasteiger partial charge < -0.3 is 10.1 Å². The molecule has 0 spiro atoms. The highest BCUT2D eigenvalue weighted by Crippen LogP contribution is 2.21. The van der Waals surface area contributed by atoms with E-state index in [1.165, 1.54) is 11.1 Å². The second-order valence-electron chi connectivity index (χ2n) is 6.05. The van der Waals surface area contributed by atoms with Gasteiger partial charge in [0.2, 0.25) is 0 Å². The first-order chi connectivity index (χ1) is 8.31. The maximum Gasteiger partial charge on any atom is 0.122 e. The standard InChI is InChI=1S/C16H27NO/c1-7-14(11-17-16(4,5)6)18-15-10-12(2)8-9-13(15)3/h8-10,14,17H,7,11H2,1-6H3. The minimum atomic E-state index is 0.137. The minimum absolute atomic E-state index is 0.137. The van der Waals surface area contributed by atoms with E-state index in [1.807, 2.05) is 0 Å². The van der Waals surface area contributed by atoms with Crippen LogP contribution in [-0.4, -0.2) is 18.2 Å². The average Bonchev–Trinajstić information content (AvgIpc) is 2.27. The second-order valence-corrected chi connectivity index (χ2v) is 6.05. The maximum absolute atomic E-state index is 6.11. The molecule has 0 heterocycles. The summed E-state index contributed by atoms with van der Waals surface area (Å²) in [6.45, 7) is 13.8. The topological polar surface area (TPSA) is 21.3 Å². The Labute approximate surface area is 112 Å². The summed E-state index contributed by atoms with van der Waals surface area (Å²) in [7, 11) is 0. The molecule has 0 aliphatic heterocycles. The molecule has 1 rings (SSSR count). The summed E-state index contributed by atoms with van der Waals surface area (Å²) in [4.78, 5) is 0. The molecule has 1 aromatic carbocycles. The summed E-state index contributed by atoms with van der Waals surface area (Å²) < 4.78 is 6.11. The third kappa shape index (κ3) is 5.09. The molecule has 0 aliphatic carbocycles. The van der Waals surface area contributed by atoms with E-state index in [-0.39, 0.29) is 11.6 Å². The lowest BCUT2D eigenvalue weighted by molar-refractivity contribution is 0.180. The molecule has 0 saturated heterocycles. The van der Waals surface area contributed by atoms with Crippen LogP contribution in [0.4, 0.5) is 0 Å². The van der Waals surface area contributed by atoms with Crippen LogP contribution in [0.5, 0.6) is 5.75 Å². The zero-order chi connectivity index (χ0) is 13.8. The van der Waals surface area contributed by atoms with Gasteiger partial charge in [0.15, 0.2) is 0 Å². The molecule has 102 valence electrons. The molecule has 0 aliphatic rings. The Kier molecular flexibility index (Phi) is 5.21. The minimum Gasteiger partial charge on any atom is -0.489 e. The van der Waals surface area contributed by atoms with Crippen molar-refractivity contribution in [1.29, 1.82) is 0 Å². The Hall–Kier alpha value is -1.02. The van der Waals surface area contributed by atoms with Crippen molar-refractivity contribution in [2.24, 2.45) is 0 Å². The van der Waals surface area contributed by atoms with Gasteiger partial charge in [-0.05, 0) is 58.2 Å². The lowest BCUT2D eigenvalue weighted by Gasteiger charge is -2.26. The fourth-order valence-electron chi connectivity index (χ4n) is 1.70. The predicted octanol–water partition coefficient (Wildman–Crippen LogP) is 3.85. The Morgan fingerprint density at radius 3 is 2.44 bits per heavy atom. The van der Waals surface area contributed by atoms with Crippen LogP contribution in [-0.2, 0) is 0 Å². The quantitative estimate of drug-likeness (QED) is 0.856. The normalized spacial score (nSPS) is 13.4. The summed E-state index contributed by atoms with van der Waals surface area (Å²) in [6, 6.07) is 6.36. The van der Waals surface area contributed by atoms with Crippen LogP contribution in [0.15, 0.2) is 18.2 Å². The Morgan fingerprint density at radius 1 is 1.22 bits per heavy atom. The first-order valence-electron chi connectivity index (χ1n) is 6.81. The van der Waals surface area contributed by atoms with Crippen LogP contribution in [0.1, 0.15) is 45.2 Å². The number of aryl methyl sites for hydroxylation is 2. The van der Waals surface area contributed by atoms with Gasteiger partial charge in [-0.1, -0.05) is 19.1 Å². The molecule has 0 fully saturated rings. The highest BCUT2D eigenvalue weighted by Gasteiger charge is 2.14. The molecule has 0 radical (unpaired) electrons. The van der Waals surface area contributed by atoms with E-state index in [0.29, 0.717) is 0 Å². The van der Waals surface area contributed by atoms with E-state index in [2.05, 4.69) is 65.1 Å². The number of rotatable bonds is 5. The van der Waals surface area contributed by atoms with Crippen LogP contribution in [0.2, 0.25) is 0 Å². The van der Waals surface area contributed by atoms with Crippen LogP contribution in [0.25, 0.3) is 0 Å². The second kappa shape index (κ2) is 6.24. The average molecular weight is 249 g/mol. The molecule has 0 bridgehead atoms. The van der Waals surface area contributed by atoms with Crippen molar-refractivity contribution in [3.63, 3.8) is 0 Å². The Bertz CT molecular complexity index is 379. The van der Waals surface area contributed by atoms with E-state index in [9.17, 15) is 0 Å². The zero-order valence-corrected chi connectivity index (χ0v) is 12.6. The number of benzene rings is 1. The molecule has 2 heteroatoms. The van der Waals surface area contributed by atoms with Gasteiger partial charge in [0.05, 0.1) is 0 Å². The first kappa shape index (κ1) is 15.0. The summed E-state index contributed by atoms with van der Waals surface area (Å²) >= 11 is 0. The Balaban J connectivity index is 2.65. The van der Waals surface area contributed by atoms with Crippen molar-refractivity contribution in [1.82, 2.24) is 5.32 Å². The van der Waals surface area contributed by atoms with E-state index in [0.717, 1.165) is 18.7 Å². The molecule has 1 aromatic rings. The molecular formula is C16H27NO. The smallest absolute Gasteiger partial charge is 0.122 e. The van der Waals surface area contributed by atoms with Gasteiger partial charge in [-0.3, -0.25) is 0 Å². The van der Waals surface area contributed by atoms with Gasteiger partial charge in [0, 0.05) is 12.1 Å². The van der Waals surface area contributed by atoms with Crippen molar-refractivity contribution in [3.05, 3.63) is 29.3 Å². The van der Waals surface area contributed by atoms with Crippen molar-refractivity contribution in [2.45, 2.75) is 59.6 Å². The van der Waals surface area contributed by atoms with E-state index >= 15 is 0 Å². The molecule has 18 heavy (non-hydrogen) atoms. The number of hydrogen-bond acceptors (Lipinski definition) is 2. The lowest BCUT2D eigenvalue weighted by Crippen LogP contribution is -2.42. The fraction of sp³-hybridized carbons (Fsp3) is 0.625. The van der Waals surface area contributed by atoms with Gasteiger partial charge in [-0.15, -0.1) is 0 Å². The van der Waals surface area contributed by atoms with Gasteiger partial charge in [-0.2, -0.15) is 0 Å². The molecule has 0 saturated carbocycles. The van der Waals surface area contributed by atoms with E-state index < -0.39 is 0 Å². The number of nitrogens with one attached hydrogen (secondary N) is 1. The summed E-state index contributed by atoms with van der Waals surface area (Å²) in [5.74, 6) is 1.01. The van der Waals surface area contributed by atoms with Gasteiger partial charge in [-0.25, -0.2) is 0 Å². The molecule has 2 nitrogen and oxygen atoms in total. The van der Waals surface area contributed by atoms with Crippen molar-refractivity contribution < 1.29 is 4.74 Å². The predicted molar refractivity (Wildman–Crippen MR) is 78.4 cm³/mol. The van der Waals surface area contributed by atoms with Gasteiger partial charge in [0.25, 0.3) is 0 Å². The van der Waals surface area contributed by atoms with Gasteiger partial charge in [0.1, 0.15) is 11.9 Å². The van der Waals surface area contributed by atoms with Crippen LogP contribution < -0.4 is 10.1 Å². The molecule has 1 unspecified atom stereocenters. The first-order valence-corrected chi connectivity index (χ1v) is 6.81. The van der Waals surface area contributed by atoms with Crippen molar-refractivity contribution in [3.8, 4) is 5.75 Å². The van der Waals surface area contributed by atoms with Gasteiger partial charge >= 0.3 is 0 Å². The van der Waals surface area contributed by atoms with Crippen LogP contribution >= 0.6 is 0 Å².